The molecule has 0 aromatic heterocycles. The third-order valence-electron chi connectivity index (χ3n) is 6.46. The maximum Gasteiger partial charge on any atom is 0.138 e. The number of ketones is 1. The Hall–Kier alpha value is -0.450. The number of hydrogen-bond donors (Lipinski definition) is 0. The molecule has 0 aromatic carbocycles. The van der Waals surface area contributed by atoms with E-state index >= 15 is 0 Å². The lowest BCUT2D eigenvalue weighted by Gasteiger charge is -2.34. The van der Waals surface area contributed by atoms with Crippen LogP contribution in [0.4, 0.5) is 0 Å². The van der Waals surface area contributed by atoms with Crippen LogP contribution < -0.4 is 0 Å². The van der Waals surface area contributed by atoms with Crippen LogP contribution in [0.5, 0.6) is 0 Å². The van der Waals surface area contributed by atoms with Gasteiger partial charge in [0.05, 0.1) is 19.3 Å². The first-order valence-corrected chi connectivity index (χ1v) is 10.8. The van der Waals surface area contributed by atoms with Gasteiger partial charge in [0, 0.05) is 44.0 Å². The van der Waals surface area contributed by atoms with Gasteiger partial charge in [-0.2, -0.15) is 0 Å². The Labute approximate surface area is 153 Å². The Bertz CT molecular complexity index is 408. The number of fused-ring (bicyclic) bond motifs is 2. The molecule has 2 aliphatic carbocycles. The average Bonchev–Trinajstić information content (AvgIpc) is 3.15. The number of ether oxygens (including phenoxy) is 2. The first-order chi connectivity index (χ1) is 12.3. The molecule has 3 aliphatic rings. The first-order valence-electron chi connectivity index (χ1n) is 10.8. The first kappa shape index (κ1) is 19.3. The van der Waals surface area contributed by atoms with E-state index in [1.54, 1.807) is 0 Å². The van der Waals surface area contributed by atoms with Gasteiger partial charge in [-0.3, -0.25) is 9.69 Å². The molecule has 0 N–H and O–H groups in total. The van der Waals surface area contributed by atoms with Crippen LogP contribution in [0.25, 0.3) is 0 Å². The van der Waals surface area contributed by atoms with Gasteiger partial charge in [-0.1, -0.05) is 51.9 Å². The second-order valence-corrected chi connectivity index (χ2v) is 8.20. The van der Waals surface area contributed by atoms with Crippen molar-refractivity contribution in [3.63, 3.8) is 0 Å². The molecule has 1 aliphatic heterocycles. The van der Waals surface area contributed by atoms with Crippen molar-refractivity contribution >= 4 is 5.78 Å². The van der Waals surface area contributed by atoms with E-state index in [1.807, 2.05) is 0 Å². The molecule has 0 amide bonds. The summed E-state index contributed by atoms with van der Waals surface area (Å²) in [5, 5.41) is 0. The molecule has 0 radical (unpaired) electrons. The second-order valence-electron chi connectivity index (χ2n) is 8.20. The summed E-state index contributed by atoms with van der Waals surface area (Å²) in [4.78, 5) is 14.7. The Kier molecular flexibility index (Phi) is 7.75. The fourth-order valence-corrected chi connectivity index (χ4v) is 5.10. The molecule has 4 unspecified atom stereocenters. The van der Waals surface area contributed by atoms with E-state index in [0.717, 1.165) is 45.8 Å². The zero-order valence-corrected chi connectivity index (χ0v) is 16.1. The number of morpholine rings is 1. The van der Waals surface area contributed by atoms with Crippen molar-refractivity contribution in [2.24, 2.45) is 11.8 Å². The number of rotatable bonds is 11. The van der Waals surface area contributed by atoms with Crippen molar-refractivity contribution in [3.05, 3.63) is 0 Å². The van der Waals surface area contributed by atoms with Gasteiger partial charge in [0.15, 0.2) is 0 Å². The summed E-state index contributed by atoms with van der Waals surface area (Å²) < 4.78 is 11.7. The van der Waals surface area contributed by atoms with Gasteiger partial charge in [0.2, 0.25) is 0 Å². The van der Waals surface area contributed by atoms with Crippen LogP contribution in [0.1, 0.15) is 71.1 Å². The fourth-order valence-electron chi connectivity index (χ4n) is 5.10. The molecule has 2 saturated carbocycles. The van der Waals surface area contributed by atoms with Crippen LogP contribution in [0.15, 0.2) is 0 Å². The van der Waals surface area contributed by atoms with Crippen molar-refractivity contribution in [2.75, 3.05) is 32.9 Å². The Morgan fingerprint density at radius 2 is 1.72 bits per heavy atom. The van der Waals surface area contributed by atoms with Gasteiger partial charge >= 0.3 is 0 Å². The average molecular weight is 352 g/mol. The quantitative estimate of drug-likeness (QED) is 0.531. The standard InChI is InChI=1S/C21H37NO3/c1-2-3-4-5-6-7-8-9-12-25-20-16-17-19(23)15-18(20)21(17)22-10-13-24-14-11-22/h17-18,20-21H,2-16H2,1H3. The summed E-state index contributed by atoms with van der Waals surface area (Å²) in [5.41, 5.74) is 0. The van der Waals surface area contributed by atoms with Gasteiger partial charge in [0.25, 0.3) is 0 Å². The maximum absolute atomic E-state index is 12.2. The van der Waals surface area contributed by atoms with Gasteiger partial charge in [-0.05, 0) is 12.8 Å². The number of unbranched alkanes of at least 4 members (excludes halogenated alkanes) is 7. The number of carbonyl (C=O) groups excluding carboxylic acids is 1. The summed E-state index contributed by atoms with van der Waals surface area (Å²) in [5.74, 6) is 1.14. The monoisotopic (exact) mass is 351 g/mol. The van der Waals surface area contributed by atoms with E-state index in [2.05, 4.69) is 11.8 Å². The highest BCUT2D eigenvalue weighted by molar-refractivity contribution is 5.86. The summed E-state index contributed by atoms with van der Waals surface area (Å²) in [6, 6.07) is 0.431. The molecule has 2 bridgehead atoms. The molecule has 25 heavy (non-hydrogen) atoms. The molecule has 4 heteroatoms. The smallest absolute Gasteiger partial charge is 0.138 e. The molecule has 4 nitrogen and oxygen atoms in total. The van der Waals surface area contributed by atoms with Crippen molar-refractivity contribution in [1.29, 1.82) is 0 Å². The zero-order chi connectivity index (χ0) is 17.5. The van der Waals surface area contributed by atoms with E-state index in [1.165, 1.54) is 51.4 Å². The summed E-state index contributed by atoms with van der Waals surface area (Å²) >= 11 is 0. The number of hydrogen-bond acceptors (Lipinski definition) is 4. The minimum atomic E-state index is 0.228. The molecule has 0 spiro atoms. The minimum Gasteiger partial charge on any atom is -0.379 e. The normalized spacial score (nSPS) is 32.6. The van der Waals surface area contributed by atoms with Crippen LogP contribution >= 0.6 is 0 Å². The third-order valence-corrected chi connectivity index (χ3v) is 6.46. The van der Waals surface area contributed by atoms with E-state index in [0.29, 0.717) is 23.8 Å². The lowest BCUT2D eigenvalue weighted by Crippen LogP contribution is -2.46. The number of Topliss-reactive ketones (excluding diaryl/α,β-unsaturated/α-hetero) is 1. The van der Waals surface area contributed by atoms with E-state index in [4.69, 9.17) is 9.47 Å². The zero-order valence-electron chi connectivity index (χ0n) is 16.1. The fraction of sp³-hybridized carbons (Fsp3) is 0.952. The van der Waals surface area contributed by atoms with Crippen LogP contribution in [0, 0.1) is 11.8 Å². The van der Waals surface area contributed by atoms with Gasteiger partial charge in [-0.25, -0.2) is 0 Å². The summed E-state index contributed by atoms with van der Waals surface area (Å²) in [6.07, 6.45) is 12.7. The van der Waals surface area contributed by atoms with E-state index in [-0.39, 0.29) is 5.92 Å². The van der Waals surface area contributed by atoms with Crippen LogP contribution in [-0.2, 0) is 14.3 Å². The maximum atomic E-state index is 12.2. The Balaban J connectivity index is 1.32. The molecule has 4 atom stereocenters. The predicted octanol–water partition coefficient (Wildman–Crippen LogP) is 3.82. The molecular weight excluding hydrogens is 314 g/mol. The molecule has 144 valence electrons. The summed E-state index contributed by atoms with van der Waals surface area (Å²) in [6.45, 7) is 6.74. The largest absolute Gasteiger partial charge is 0.379 e. The lowest BCUT2D eigenvalue weighted by atomic mass is 9.96. The predicted molar refractivity (Wildman–Crippen MR) is 99.8 cm³/mol. The number of carbonyl (C=O) groups is 1. The Morgan fingerprint density at radius 3 is 2.44 bits per heavy atom. The topological polar surface area (TPSA) is 38.8 Å². The lowest BCUT2D eigenvalue weighted by molar-refractivity contribution is -0.124. The van der Waals surface area contributed by atoms with Crippen LogP contribution in [0.2, 0.25) is 0 Å². The molecular formula is C21H37NO3. The SMILES string of the molecule is CCCCCCCCCCOC1CC2C(=O)CC1C2N1CCOCC1. The van der Waals surface area contributed by atoms with Gasteiger partial charge in [0.1, 0.15) is 5.78 Å². The van der Waals surface area contributed by atoms with Crippen molar-refractivity contribution in [1.82, 2.24) is 4.90 Å². The highest BCUT2D eigenvalue weighted by atomic mass is 16.5. The van der Waals surface area contributed by atoms with Crippen LogP contribution in [-0.4, -0.2) is 55.7 Å². The Morgan fingerprint density at radius 1 is 1.04 bits per heavy atom. The third kappa shape index (κ3) is 5.05. The second kappa shape index (κ2) is 10.0. The molecule has 1 heterocycles. The highest BCUT2D eigenvalue weighted by Crippen LogP contribution is 2.46. The molecule has 3 rings (SSSR count). The van der Waals surface area contributed by atoms with Crippen molar-refractivity contribution in [3.8, 4) is 0 Å². The minimum absolute atomic E-state index is 0.228. The summed E-state index contributed by atoms with van der Waals surface area (Å²) in [7, 11) is 0. The van der Waals surface area contributed by atoms with E-state index in [9.17, 15) is 4.79 Å². The molecule has 0 aromatic rings. The van der Waals surface area contributed by atoms with Crippen molar-refractivity contribution < 1.29 is 14.3 Å². The van der Waals surface area contributed by atoms with Crippen LogP contribution in [0.3, 0.4) is 0 Å². The highest BCUT2D eigenvalue weighted by Gasteiger charge is 2.55. The van der Waals surface area contributed by atoms with Gasteiger partial charge in [-0.15, -0.1) is 0 Å². The number of nitrogens with zero attached hydrogens (tertiary/aromatic N) is 1. The van der Waals surface area contributed by atoms with Crippen molar-refractivity contribution in [2.45, 2.75) is 83.3 Å². The van der Waals surface area contributed by atoms with Gasteiger partial charge < -0.3 is 9.47 Å². The molecule has 3 fully saturated rings. The molecule has 1 saturated heterocycles. The van der Waals surface area contributed by atoms with E-state index < -0.39 is 0 Å².